The van der Waals surface area contributed by atoms with Crippen molar-refractivity contribution in [2.75, 3.05) is 22.5 Å². The Labute approximate surface area is 198 Å². The van der Waals surface area contributed by atoms with Crippen LogP contribution in [0.4, 0.5) is 15.8 Å². The lowest BCUT2D eigenvalue weighted by atomic mass is 10.1. The number of sulfonamides is 1. The van der Waals surface area contributed by atoms with E-state index in [2.05, 4.69) is 5.32 Å². The normalized spacial score (nSPS) is 11.1. The van der Waals surface area contributed by atoms with Crippen molar-refractivity contribution >= 4 is 33.3 Å². The van der Waals surface area contributed by atoms with Crippen LogP contribution in [0.1, 0.15) is 38.8 Å². The van der Waals surface area contributed by atoms with Crippen LogP contribution in [0, 0.1) is 12.7 Å². The second kappa shape index (κ2) is 10.5. The van der Waals surface area contributed by atoms with Gasteiger partial charge >= 0.3 is 5.97 Å². The molecule has 0 fully saturated rings. The van der Waals surface area contributed by atoms with Crippen molar-refractivity contribution in [3.8, 4) is 0 Å². The van der Waals surface area contributed by atoms with E-state index in [4.69, 9.17) is 4.74 Å². The zero-order valence-corrected chi connectivity index (χ0v) is 19.9. The first-order valence-electron chi connectivity index (χ1n) is 10.5. The average molecular weight is 485 g/mol. The fourth-order valence-corrected chi connectivity index (χ4v) is 4.13. The van der Waals surface area contributed by atoms with Crippen molar-refractivity contribution in [2.24, 2.45) is 0 Å². The van der Waals surface area contributed by atoms with Gasteiger partial charge in [-0.05, 0) is 61.9 Å². The van der Waals surface area contributed by atoms with Gasteiger partial charge in [0.2, 0.25) is 10.0 Å². The number of rotatable bonds is 8. The van der Waals surface area contributed by atoms with Crippen LogP contribution < -0.4 is 9.62 Å². The SMILES string of the molecule is CCOC(=O)c1ccc(C)c(NC(=O)c2ccc(N(Cc3ccccc3F)S(C)(=O)=O)cc2)c1. The van der Waals surface area contributed by atoms with Gasteiger partial charge in [-0.2, -0.15) is 0 Å². The first kappa shape index (κ1) is 24.9. The Bertz CT molecular complexity index is 1310. The summed E-state index contributed by atoms with van der Waals surface area (Å²) < 4.78 is 44.9. The molecule has 0 saturated heterocycles. The number of benzene rings is 3. The molecule has 0 spiro atoms. The number of hydrogen-bond donors (Lipinski definition) is 1. The molecule has 0 unspecified atom stereocenters. The molecule has 1 amide bonds. The highest BCUT2D eigenvalue weighted by Crippen LogP contribution is 2.24. The van der Waals surface area contributed by atoms with Crippen molar-refractivity contribution in [1.82, 2.24) is 0 Å². The molecule has 0 atom stereocenters. The second-order valence-electron chi connectivity index (χ2n) is 7.61. The second-order valence-corrected chi connectivity index (χ2v) is 9.52. The zero-order valence-electron chi connectivity index (χ0n) is 19.0. The van der Waals surface area contributed by atoms with Crippen LogP contribution in [0.25, 0.3) is 0 Å². The van der Waals surface area contributed by atoms with Crippen molar-refractivity contribution in [1.29, 1.82) is 0 Å². The van der Waals surface area contributed by atoms with Crippen LogP contribution in [-0.4, -0.2) is 33.2 Å². The topological polar surface area (TPSA) is 92.8 Å². The summed E-state index contributed by atoms with van der Waals surface area (Å²) in [6, 6.07) is 16.7. The van der Waals surface area contributed by atoms with Gasteiger partial charge < -0.3 is 10.1 Å². The van der Waals surface area contributed by atoms with Gasteiger partial charge in [-0.3, -0.25) is 9.10 Å². The highest BCUT2D eigenvalue weighted by atomic mass is 32.2. The summed E-state index contributed by atoms with van der Waals surface area (Å²) in [6.07, 6.45) is 1.04. The standard InChI is InChI=1S/C25H25FN2O5S/c1-4-33-25(30)19-10-9-17(2)23(15-19)27-24(29)18-11-13-21(14-12-18)28(34(3,31)32)16-20-7-5-6-8-22(20)26/h5-15H,4,16H2,1-3H3,(H,27,29). The summed E-state index contributed by atoms with van der Waals surface area (Å²) in [5, 5.41) is 2.76. The number of nitrogens with one attached hydrogen (secondary N) is 1. The van der Waals surface area contributed by atoms with Crippen molar-refractivity contribution in [3.63, 3.8) is 0 Å². The Morgan fingerprint density at radius 2 is 1.65 bits per heavy atom. The minimum Gasteiger partial charge on any atom is -0.462 e. The van der Waals surface area contributed by atoms with Gasteiger partial charge in [-0.15, -0.1) is 0 Å². The van der Waals surface area contributed by atoms with Gasteiger partial charge in [0.1, 0.15) is 5.82 Å². The fraction of sp³-hybridized carbons (Fsp3) is 0.200. The number of ether oxygens (including phenoxy) is 1. The maximum atomic E-state index is 14.1. The third-order valence-corrected chi connectivity index (χ3v) is 6.23. The molecule has 9 heteroatoms. The molecular formula is C25H25FN2O5S. The van der Waals surface area contributed by atoms with Crippen LogP contribution in [0.5, 0.6) is 0 Å². The summed E-state index contributed by atoms with van der Waals surface area (Å²) in [5.74, 6) is -1.43. The van der Waals surface area contributed by atoms with Crippen LogP contribution in [0.2, 0.25) is 0 Å². The fourth-order valence-electron chi connectivity index (χ4n) is 3.25. The third-order valence-electron chi connectivity index (χ3n) is 5.09. The first-order valence-corrected chi connectivity index (χ1v) is 12.3. The monoisotopic (exact) mass is 484 g/mol. The number of hydrogen-bond acceptors (Lipinski definition) is 5. The summed E-state index contributed by atoms with van der Waals surface area (Å²) >= 11 is 0. The number of amides is 1. The van der Waals surface area contributed by atoms with Gasteiger partial charge in [0.15, 0.2) is 0 Å². The lowest BCUT2D eigenvalue weighted by Crippen LogP contribution is -2.29. The van der Waals surface area contributed by atoms with E-state index < -0.39 is 27.7 Å². The van der Waals surface area contributed by atoms with Gasteiger partial charge in [0.05, 0.1) is 30.7 Å². The molecule has 7 nitrogen and oxygen atoms in total. The molecule has 0 radical (unpaired) electrons. The van der Waals surface area contributed by atoms with E-state index in [1.165, 1.54) is 42.5 Å². The molecule has 34 heavy (non-hydrogen) atoms. The van der Waals surface area contributed by atoms with Gasteiger partial charge in [0.25, 0.3) is 5.91 Å². The van der Waals surface area contributed by atoms with Crippen molar-refractivity contribution < 1.29 is 27.1 Å². The maximum absolute atomic E-state index is 14.1. The van der Waals surface area contributed by atoms with Crippen LogP contribution in [0.3, 0.4) is 0 Å². The van der Waals surface area contributed by atoms with E-state index in [1.54, 1.807) is 38.1 Å². The Morgan fingerprint density at radius 3 is 2.26 bits per heavy atom. The Hall–Kier alpha value is -3.72. The molecule has 0 heterocycles. The zero-order chi connectivity index (χ0) is 24.9. The Kier molecular flexibility index (Phi) is 7.68. The number of halogens is 1. The highest BCUT2D eigenvalue weighted by Gasteiger charge is 2.20. The number of nitrogens with zero attached hydrogens (tertiary/aromatic N) is 1. The lowest BCUT2D eigenvalue weighted by molar-refractivity contribution is 0.0526. The van der Waals surface area contributed by atoms with Crippen LogP contribution in [0.15, 0.2) is 66.7 Å². The van der Waals surface area contributed by atoms with Gasteiger partial charge in [-0.1, -0.05) is 24.3 Å². The van der Waals surface area contributed by atoms with Gasteiger partial charge in [0, 0.05) is 16.8 Å². The number of carbonyl (C=O) groups is 2. The molecule has 0 bridgehead atoms. The van der Waals surface area contributed by atoms with E-state index in [9.17, 15) is 22.4 Å². The quantitative estimate of drug-likeness (QED) is 0.474. The van der Waals surface area contributed by atoms with Crippen LogP contribution in [-0.2, 0) is 21.3 Å². The molecule has 3 aromatic carbocycles. The van der Waals surface area contributed by atoms with Crippen LogP contribution >= 0.6 is 0 Å². The Balaban J connectivity index is 1.81. The lowest BCUT2D eigenvalue weighted by Gasteiger charge is -2.23. The molecule has 0 saturated carbocycles. The summed E-state index contributed by atoms with van der Waals surface area (Å²) in [4.78, 5) is 24.8. The predicted molar refractivity (Wildman–Crippen MR) is 129 cm³/mol. The molecular weight excluding hydrogens is 459 g/mol. The number of esters is 1. The Morgan fingerprint density at radius 1 is 1.00 bits per heavy atom. The summed E-state index contributed by atoms with van der Waals surface area (Å²) in [6.45, 7) is 3.55. The van der Waals surface area contributed by atoms with Crippen molar-refractivity contribution in [2.45, 2.75) is 20.4 Å². The predicted octanol–water partition coefficient (Wildman–Crippen LogP) is 4.53. The maximum Gasteiger partial charge on any atom is 0.338 e. The minimum absolute atomic E-state index is 0.184. The van der Waals surface area contributed by atoms with E-state index in [0.717, 1.165) is 16.1 Å². The largest absolute Gasteiger partial charge is 0.462 e. The molecule has 3 aromatic rings. The summed E-state index contributed by atoms with van der Waals surface area (Å²) in [7, 11) is -3.72. The highest BCUT2D eigenvalue weighted by molar-refractivity contribution is 7.92. The molecule has 0 aliphatic heterocycles. The molecule has 3 rings (SSSR count). The van der Waals surface area contributed by atoms with E-state index in [-0.39, 0.29) is 24.3 Å². The average Bonchev–Trinajstić information content (AvgIpc) is 2.79. The van der Waals surface area contributed by atoms with E-state index in [1.807, 2.05) is 0 Å². The minimum atomic E-state index is -3.72. The smallest absolute Gasteiger partial charge is 0.338 e. The third kappa shape index (κ3) is 5.99. The van der Waals surface area contributed by atoms with Gasteiger partial charge in [-0.25, -0.2) is 17.6 Å². The molecule has 0 aromatic heterocycles. The summed E-state index contributed by atoms with van der Waals surface area (Å²) in [5.41, 5.74) is 2.33. The number of anilines is 2. The number of carbonyl (C=O) groups excluding carboxylic acids is 2. The van der Waals surface area contributed by atoms with Crippen molar-refractivity contribution in [3.05, 3.63) is 94.8 Å². The first-order chi connectivity index (χ1) is 16.1. The van der Waals surface area contributed by atoms with E-state index in [0.29, 0.717) is 16.9 Å². The molecule has 178 valence electrons. The van der Waals surface area contributed by atoms with E-state index >= 15 is 0 Å². The molecule has 1 N–H and O–H groups in total. The molecule has 0 aliphatic carbocycles. The molecule has 0 aliphatic rings. The number of aryl methyl sites for hydroxylation is 1.